The number of piperidine rings is 1. The van der Waals surface area contributed by atoms with Crippen molar-refractivity contribution in [2.75, 3.05) is 6.54 Å². The lowest BCUT2D eigenvalue weighted by Gasteiger charge is -2.36. The predicted octanol–water partition coefficient (Wildman–Crippen LogP) is 2.78. The van der Waals surface area contributed by atoms with Crippen molar-refractivity contribution in [1.29, 1.82) is 0 Å². The highest BCUT2D eigenvalue weighted by molar-refractivity contribution is 7.89. The molecule has 2 unspecified atom stereocenters. The van der Waals surface area contributed by atoms with E-state index in [0.717, 1.165) is 15.4 Å². The van der Waals surface area contributed by atoms with Gasteiger partial charge >= 0.3 is 5.97 Å². The first-order valence-corrected chi connectivity index (χ1v) is 9.46. The Morgan fingerprint density at radius 3 is 2.82 bits per heavy atom. The highest BCUT2D eigenvalue weighted by Gasteiger charge is 2.42. The normalized spacial score (nSPS) is 23.7. The van der Waals surface area contributed by atoms with Gasteiger partial charge in [-0.25, -0.2) is 8.42 Å². The average molecular weight is 339 g/mol. The summed E-state index contributed by atoms with van der Waals surface area (Å²) >= 11 is 1.36. The quantitative estimate of drug-likeness (QED) is 0.933. The van der Waals surface area contributed by atoms with Gasteiger partial charge in [0.15, 0.2) is 0 Å². The second kappa shape index (κ2) is 5.64. The van der Waals surface area contributed by atoms with Gasteiger partial charge in [0.1, 0.15) is 10.9 Å². The number of aliphatic carboxylic acids is 1. The fourth-order valence-corrected chi connectivity index (χ4v) is 6.26. The lowest BCUT2D eigenvalue weighted by molar-refractivity contribution is -0.144. The van der Waals surface area contributed by atoms with E-state index in [1.807, 2.05) is 12.1 Å². The predicted molar refractivity (Wildman–Crippen MR) is 85.5 cm³/mol. The molecule has 0 aliphatic carbocycles. The summed E-state index contributed by atoms with van der Waals surface area (Å²) in [6, 6.07) is 6.30. The lowest BCUT2D eigenvalue weighted by Crippen LogP contribution is -2.51. The Bertz CT molecular complexity index is 812. The fourth-order valence-electron chi connectivity index (χ4n) is 3.07. The molecule has 1 aromatic carbocycles. The van der Waals surface area contributed by atoms with Gasteiger partial charge in [0.2, 0.25) is 10.0 Å². The van der Waals surface area contributed by atoms with E-state index in [2.05, 4.69) is 0 Å². The van der Waals surface area contributed by atoms with Crippen molar-refractivity contribution in [2.45, 2.75) is 30.7 Å². The third-order valence-corrected chi connectivity index (χ3v) is 7.21. The zero-order valence-electron chi connectivity index (χ0n) is 12.1. The molecule has 1 aliphatic rings. The molecule has 2 aromatic rings. The summed E-state index contributed by atoms with van der Waals surface area (Å²) in [4.78, 5) is 11.8. The maximum atomic E-state index is 13.0. The fraction of sp³-hybridized carbons (Fsp3) is 0.400. The van der Waals surface area contributed by atoms with Crippen LogP contribution in [-0.2, 0) is 14.8 Å². The summed E-state index contributed by atoms with van der Waals surface area (Å²) in [6.45, 7) is 2.06. The molecule has 0 spiro atoms. The molecule has 7 heteroatoms. The Morgan fingerprint density at radius 2 is 2.09 bits per heavy atom. The van der Waals surface area contributed by atoms with Crippen molar-refractivity contribution >= 4 is 37.4 Å². The van der Waals surface area contributed by atoms with E-state index in [-0.39, 0.29) is 17.4 Å². The highest BCUT2D eigenvalue weighted by Crippen LogP contribution is 2.35. The number of carboxylic acid groups (broad SMARTS) is 1. The maximum absolute atomic E-state index is 13.0. The van der Waals surface area contributed by atoms with Crippen LogP contribution in [-0.4, -0.2) is 36.4 Å². The smallest absolute Gasteiger partial charge is 0.322 e. The van der Waals surface area contributed by atoms with Gasteiger partial charge in [-0.2, -0.15) is 4.31 Å². The van der Waals surface area contributed by atoms with Crippen molar-refractivity contribution in [3.63, 3.8) is 0 Å². The minimum atomic E-state index is -3.81. The van der Waals surface area contributed by atoms with Crippen LogP contribution in [0.1, 0.15) is 19.8 Å². The largest absolute Gasteiger partial charge is 0.480 e. The summed E-state index contributed by atoms with van der Waals surface area (Å²) in [5.74, 6) is -1.26. The van der Waals surface area contributed by atoms with Gasteiger partial charge in [-0.15, -0.1) is 11.3 Å². The van der Waals surface area contributed by atoms with Crippen LogP contribution in [0.3, 0.4) is 0 Å². The first-order chi connectivity index (χ1) is 10.4. The average Bonchev–Trinajstić information content (AvgIpc) is 2.91. The van der Waals surface area contributed by atoms with E-state index in [1.54, 1.807) is 24.4 Å². The number of fused-ring (bicyclic) bond motifs is 1. The molecule has 0 saturated carbocycles. The zero-order chi connectivity index (χ0) is 15.9. The van der Waals surface area contributed by atoms with Crippen LogP contribution in [0.25, 0.3) is 10.1 Å². The minimum Gasteiger partial charge on any atom is -0.480 e. The Labute approximate surface area is 133 Å². The molecular weight excluding hydrogens is 322 g/mol. The summed E-state index contributed by atoms with van der Waals surface area (Å²) in [5.41, 5.74) is 0. The first-order valence-electron chi connectivity index (χ1n) is 7.14. The summed E-state index contributed by atoms with van der Waals surface area (Å²) in [7, 11) is -3.81. The monoisotopic (exact) mass is 339 g/mol. The number of sulfonamides is 1. The van der Waals surface area contributed by atoms with E-state index in [4.69, 9.17) is 0 Å². The first kappa shape index (κ1) is 15.5. The van der Waals surface area contributed by atoms with Gasteiger partial charge in [-0.1, -0.05) is 25.1 Å². The van der Waals surface area contributed by atoms with Crippen LogP contribution in [0.2, 0.25) is 0 Å². The van der Waals surface area contributed by atoms with Gasteiger partial charge in [0.05, 0.1) is 0 Å². The Balaban J connectivity index is 2.10. The van der Waals surface area contributed by atoms with Gasteiger partial charge in [-0.05, 0) is 24.8 Å². The lowest BCUT2D eigenvalue weighted by atomic mass is 9.93. The van der Waals surface area contributed by atoms with Crippen LogP contribution < -0.4 is 0 Å². The third-order valence-electron chi connectivity index (χ3n) is 4.17. The van der Waals surface area contributed by atoms with E-state index in [9.17, 15) is 18.3 Å². The summed E-state index contributed by atoms with van der Waals surface area (Å²) in [5, 5.41) is 11.7. The maximum Gasteiger partial charge on any atom is 0.322 e. The van der Waals surface area contributed by atoms with Gasteiger partial charge in [-0.3, -0.25) is 4.79 Å². The number of rotatable bonds is 3. The second-order valence-corrected chi connectivity index (χ2v) is 8.38. The number of carboxylic acids is 1. The molecule has 3 rings (SSSR count). The van der Waals surface area contributed by atoms with E-state index in [1.165, 1.54) is 11.3 Å². The molecular formula is C15H17NO4S2. The van der Waals surface area contributed by atoms with Crippen LogP contribution >= 0.6 is 11.3 Å². The molecule has 1 aliphatic heterocycles. The number of hydrogen-bond acceptors (Lipinski definition) is 4. The van der Waals surface area contributed by atoms with Crippen molar-refractivity contribution in [2.24, 2.45) is 5.92 Å². The van der Waals surface area contributed by atoms with E-state index >= 15 is 0 Å². The standard InChI is InChI=1S/C15H17NO4S2/c1-10-5-4-8-16(14(10)15(17)18)22(19,20)13-9-21-12-7-3-2-6-11(12)13/h2-3,6-7,9-10,14H,4-5,8H2,1H3,(H,17,18). The van der Waals surface area contributed by atoms with Crippen molar-refractivity contribution in [3.8, 4) is 0 Å². The molecule has 2 heterocycles. The molecule has 22 heavy (non-hydrogen) atoms. The van der Waals surface area contributed by atoms with Crippen molar-refractivity contribution in [1.82, 2.24) is 4.31 Å². The highest BCUT2D eigenvalue weighted by atomic mass is 32.2. The molecule has 2 atom stereocenters. The molecule has 1 aromatic heterocycles. The van der Waals surface area contributed by atoms with Crippen LogP contribution in [0.4, 0.5) is 0 Å². The Morgan fingerprint density at radius 1 is 1.36 bits per heavy atom. The van der Waals surface area contributed by atoms with Gasteiger partial charge in [0, 0.05) is 22.0 Å². The molecule has 0 amide bonds. The van der Waals surface area contributed by atoms with Crippen LogP contribution in [0.15, 0.2) is 34.5 Å². The number of hydrogen-bond donors (Lipinski definition) is 1. The summed E-state index contributed by atoms with van der Waals surface area (Å²) in [6.07, 6.45) is 1.42. The molecule has 0 radical (unpaired) electrons. The number of thiophene rings is 1. The third kappa shape index (κ3) is 2.43. The van der Waals surface area contributed by atoms with Crippen molar-refractivity contribution < 1.29 is 18.3 Å². The number of carbonyl (C=O) groups is 1. The summed E-state index contributed by atoms with van der Waals surface area (Å²) < 4.78 is 28.0. The van der Waals surface area contributed by atoms with Crippen molar-refractivity contribution in [3.05, 3.63) is 29.6 Å². The molecule has 1 N–H and O–H groups in total. The van der Waals surface area contributed by atoms with Crippen LogP contribution in [0, 0.1) is 5.92 Å². The molecule has 5 nitrogen and oxygen atoms in total. The zero-order valence-corrected chi connectivity index (χ0v) is 13.7. The topological polar surface area (TPSA) is 74.7 Å². The van der Waals surface area contributed by atoms with Gasteiger partial charge < -0.3 is 5.11 Å². The minimum absolute atomic E-state index is 0.189. The molecule has 1 fully saturated rings. The van der Waals surface area contributed by atoms with Crippen LogP contribution in [0.5, 0.6) is 0 Å². The second-order valence-electron chi connectivity index (χ2n) is 5.61. The van der Waals surface area contributed by atoms with E-state index in [0.29, 0.717) is 11.8 Å². The van der Waals surface area contributed by atoms with E-state index < -0.39 is 22.0 Å². The SMILES string of the molecule is CC1CCCN(S(=O)(=O)c2csc3ccccc23)C1C(=O)O. The number of nitrogens with zero attached hydrogens (tertiary/aromatic N) is 1. The molecule has 1 saturated heterocycles. The number of benzene rings is 1. The molecule has 0 bridgehead atoms. The molecule has 118 valence electrons. The Hall–Kier alpha value is -1.44. The Kier molecular flexibility index (Phi) is 3.96. The van der Waals surface area contributed by atoms with Gasteiger partial charge in [0.25, 0.3) is 0 Å².